The predicted molar refractivity (Wildman–Crippen MR) is 87.2 cm³/mol. The van der Waals surface area contributed by atoms with Gasteiger partial charge in [-0.3, -0.25) is 4.79 Å². The highest BCUT2D eigenvalue weighted by Gasteiger charge is 2.22. The van der Waals surface area contributed by atoms with Crippen molar-refractivity contribution in [2.75, 3.05) is 13.7 Å². The summed E-state index contributed by atoms with van der Waals surface area (Å²) in [5.74, 6) is 0.903. The normalized spacial score (nSPS) is 12.0. The SMILES string of the molecule is CCN(C(=O)c1ccc(C)s1)C(C)c1cccc(OC)c1. The molecule has 1 unspecified atom stereocenters. The third-order valence-corrected chi connectivity index (χ3v) is 4.59. The molecule has 112 valence electrons. The van der Waals surface area contributed by atoms with Gasteiger partial charge in [0.05, 0.1) is 18.0 Å². The first-order chi connectivity index (χ1) is 10.1. The van der Waals surface area contributed by atoms with Crippen molar-refractivity contribution < 1.29 is 9.53 Å². The number of hydrogen-bond donors (Lipinski definition) is 0. The number of rotatable bonds is 5. The first kappa shape index (κ1) is 15.6. The van der Waals surface area contributed by atoms with Gasteiger partial charge in [0.1, 0.15) is 5.75 Å². The van der Waals surface area contributed by atoms with Crippen molar-refractivity contribution in [3.8, 4) is 5.75 Å². The molecule has 0 bridgehead atoms. The number of hydrogen-bond acceptors (Lipinski definition) is 3. The highest BCUT2D eigenvalue weighted by molar-refractivity contribution is 7.13. The second-order valence-corrected chi connectivity index (χ2v) is 6.24. The minimum atomic E-state index is 0.0139. The molecule has 0 N–H and O–H groups in total. The lowest BCUT2D eigenvalue weighted by Crippen LogP contribution is -2.32. The number of carbonyl (C=O) groups excluding carboxylic acids is 1. The van der Waals surface area contributed by atoms with Crippen LogP contribution in [0.2, 0.25) is 0 Å². The molecule has 2 aromatic rings. The van der Waals surface area contributed by atoms with Crippen molar-refractivity contribution in [1.29, 1.82) is 0 Å². The van der Waals surface area contributed by atoms with Crippen LogP contribution in [-0.2, 0) is 0 Å². The first-order valence-electron chi connectivity index (χ1n) is 7.08. The fraction of sp³-hybridized carbons (Fsp3) is 0.353. The zero-order chi connectivity index (χ0) is 15.4. The third-order valence-electron chi connectivity index (χ3n) is 3.60. The van der Waals surface area contributed by atoms with Gasteiger partial charge in [-0.1, -0.05) is 12.1 Å². The second kappa shape index (κ2) is 6.76. The number of amides is 1. The number of methoxy groups -OCH3 is 1. The van der Waals surface area contributed by atoms with Crippen molar-refractivity contribution in [2.24, 2.45) is 0 Å². The second-order valence-electron chi connectivity index (χ2n) is 4.95. The van der Waals surface area contributed by atoms with Crippen LogP contribution in [0, 0.1) is 6.92 Å². The van der Waals surface area contributed by atoms with E-state index in [1.165, 1.54) is 0 Å². The fourth-order valence-electron chi connectivity index (χ4n) is 2.37. The van der Waals surface area contributed by atoms with Crippen molar-refractivity contribution in [3.05, 3.63) is 51.7 Å². The van der Waals surface area contributed by atoms with E-state index in [9.17, 15) is 4.79 Å². The zero-order valence-corrected chi connectivity index (χ0v) is 13.7. The van der Waals surface area contributed by atoms with E-state index in [-0.39, 0.29) is 11.9 Å². The van der Waals surface area contributed by atoms with Gasteiger partial charge in [0.25, 0.3) is 5.91 Å². The van der Waals surface area contributed by atoms with Crippen molar-refractivity contribution in [3.63, 3.8) is 0 Å². The smallest absolute Gasteiger partial charge is 0.264 e. The van der Waals surface area contributed by atoms with E-state index in [1.807, 2.05) is 55.1 Å². The summed E-state index contributed by atoms with van der Waals surface area (Å²) in [6.45, 7) is 6.75. The third kappa shape index (κ3) is 3.45. The van der Waals surface area contributed by atoms with Gasteiger partial charge in [0.2, 0.25) is 0 Å². The molecule has 1 aromatic carbocycles. The summed E-state index contributed by atoms with van der Waals surface area (Å²) in [5, 5.41) is 0. The van der Waals surface area contributed by atoms with E-state index < -0.39 is 0 Å². The van der Waals surface area contributed by atoms with Gasteiger partial charge in [-0.25, -0.2) is 0 Å². The quantitative estimate of drug-likeness (QED) is 0.824. The van der Waals surface area contributed by atoms with Gasteiger partial charge in [0.15, 0.2) is 0 Å². The van der Waals surface area contributed by atoms with Crippen LogP contribution in [-0.4, -0.2) is 24.5 Å². The Balaban J connectivity index is 2.25. The van der Waals surface area contributed by atoms with Gasteiger partial charge in [-0.15, -0.1) is 11.3 Å². The van der Waals surface area contributed by atoms with E-state index >= 15 is 0 Å². The van der Waals surface area contributed by atoms with E-state index in [0.717, 1.165) is 21.1 Å². The fourth-order valence-corrected chi connectivity index (χ4v) is 3.19. The van der Waals surface area contributed by atoms with Crippen LogP contribution in [0.4, 0.5) is 0 Å². The Morgan fingerprint density at radius 2 is 2.10 bits per heavy atom. The number of thiophene rings is 1. The lowest BCUT2D eigenvalue weighted by atomic mass is 10.1. The molecule has 4 heteroatoms. The van der Waals surface area contributed by atoms with Crippen LogP contribution in [0.15, 0.2) is 36.4 Å². The first-order valence-corrected chi connectivity index (χ1v) is 7.89. The van der Waals surface area contributed by atoms with Crippen LogP contribution in [0.3, 0.4) is 0 Å². The van der Waals surface area contributed by atoms with E-state index in [2.05, 4.69) is 6.92 Å². The standard InChI is InChI=1S/C17H21NO2S/c1-5-18(17(19)16-10-9-12(2)21-16)13(3)14-7-6-8-15(11-14)20-4/h6-11,13H,5H2,1-4H3. The maximum atomic E-state index is 12.7. The molecular weight excluding hydrogens is 282 g/mol. The lowest BCUT2D eigenvalue weighted by molar-refractivity contribution is 0.0707. The van der Waals surface area contributed by atoms with E-state index in [0.29, 0.717) is 6.54 Å². The topological polar surface area (TPSA) is 29.5 Å². The van der Waals surface area contributed by atoms with Crippen molar-refractivity contribution >= 4 is 17.2 Å². The molecule has 0 saturated heterocycles. The molecule has 0 aliphatic rings. The summed E-state index contributed by atoms with van der Waals surface area (Å²) < 4.78 is 5.27. The predicted octanol–water partition coefficient (Wildman–Crippen LogP) is 4.29. The molecule has 2 rings (SSSR count). The van der Waals surface area contributed by atoms with Gasteiger partial charge in [-0.05, 0) is 50.6 Å². The number of nitrogens with zero attached hydrogens (tertiary/aromatic N) is 1. The minimum Gasteiger partial charge on any atom is -0.497 e. The molecule has 3 nitrogen and oxygen atoms in total. The van der Waals surface area contributed by atoms with Gasteiger partial charge in [-0.2, -0.15) is 0 Å². The maximum absolute atomic E-state index is 12.7. The van der Waals surface area contributed by atoms with Gasteiger partial charge in [0, 0.05) is 11.4 Å². The zero-order valence-electron chi connectivity index (χ0n) is 12.9. The molecule has 0 radical (unpaired) electrons. The summed E-state index contributed by atoms with van der Waals surface area (Å²) in [4.78, 5) is 16.5. The molecule has 0 saturated carbocycles. The summed E-state index contributed by atoms with van der Waals surface area (Å²) in [7, 11) is 1.65. The average Bonchev–Trinajstić information content (AvgIpc) is 2.94. The van der Waals surface area contributed by atoms with Crippen molar-refractivity contribution in [1.82, 2.24) is 4.90 Å². The highest BCUT2D eigenvalue weighted by Crippen LogP contribution is 2.27. The number of ether oxygens (including phenoxy) is 1. The Morgan fingerprint density at radius 1 is 1.33 bits per heavy atom. The summed E-state index contributed by atoms with van der Waals surface area (Å²) in [6.07, 6.45) is 0. The Labute approximate surface area is 130 Å². The lowest BCUT2D eigenvalue weighted by Gasteiger charge is -2.28. The van der Waals surface area contributed by atoms with E-state index in [1.54, 1.807) is 18.4 Å². The van der Waals surface area contributed by atoms with Gasteiger partial charge < -0.3 is 9.64 Å². The number of aryl methyl sites for hydroxylation is 1. The molecule has 0 fully saturated rings. The van der Waals surface area contributed by atoms with Gasteiger partial charge >= 0.3 is 0 Å². The van der Waals surface area contributed by atoms with Crippen LogP contribution < -0.4 is 4.74 Å². The Morgan fingerprint density at radius 3 is 2.67 bits per heavy atom. The summed E-state index contributed by atoms with van der Waals surface area (Å²) >= 11 is 1.54. The molecule has 1 amide bonds. The highest BCUT2D eigenvalue weighted by atomic mass is 32.1. The minimum absolute atomic E-state index is 0.0139. The Hall–Kier alpha value is -1.81. The molecule has 0 spiro atoms. The largest absolute Gasteiger partial charge is 0.497 e. The molecule has 0 aliphatic carbocycles. The molecule has 21 heavy (non-hydrogen) atoms. The number of carbonyl (C=O) groups is 1. The van der Waals surface area contributed by atoms with E-state index in [4.69, 9.17) is 4.74 Å². The monoisotopic (exact) mass is 303 g/mol. The van der Waals surface area contributed by atoms with Crippen LogP contribution in [0.25, 0.3) is 0 Å². The maximum Gasteiger partial charge on any atom is 0.264 e. The summed E-state index contributed by atoms with van der Waals surface area (Å²) in [5.41, 5.74) is 1.08. The molecule has 1 atom stereocenters. The van der Waals surface area contributed by atoms with Crippen LogP contribution in [0.5, 0.6) is 5.75 Å². The Bertz CT molecular complexity index is 621. The molecule has 1 aromatic heterocycles. The van der Waals surface area contributed by atoms with Crippen LogP contribution >= 0.6 is 11.3 Å². The van der Waals surface area contributed by atoms with Crippen LogP contribution in [0.1, 0.15) is 40.0 Å². The van der Waals surface area contributed by atoms with Crippen molar-refractivity contribution in [2.45, 2.75) is 26.8 Å². The molecule has 1 heterocycles. The molecular formula is C17H21NO2S. The Kier molecular flexibility index (Phi) is 5.02. The average molecular weight is 303 g/mol. The summed E-state index contributed by atoms with van der Waals surface area (Å²) in [6, 6.07) is 11.8. The molecule has 0 aliphatic heterocycles. The number of benzene rings is 1.